The van der Waals surface area contributed by atoms with Crippen molar-refractivity contribution in [1.29, 1.82) is 5.26 Å². The van der Waals surface area contributed by atoms with Crippen molar-refractivity contribution in [3.63, 3.8) is 0 Å². The number of aromatic nitrogens is 1. The largest absolute Gasteiger partial charge is 0.480 e. The first-order valence-electron chi connectivity index (χ1n) is 4.88. The van der Waals surface area contributed by atoms with Crippen molar-refractivity contribution in [3.05, 3.63) is 46.2 Å². The Morgan fingerprint density at radius 3 is 2.71 bits per heavy atom. The summed E-state index contributed by atoms with van der Waals surface area (Å²) in [5.41, 5.74) is 0.358. The first-order chi connectivity index (χ1) is 8.15. The van der Waals surface area contributed by atoms with E-state index in [2.05, 4.69) is 0 Å². The van der Waals surface area contributed by atoms with Gasteiger partial charge in [-0.1, -0.05) is 24.3 Å². The maximum atomic E-state index is 11.8. The molecule has 0 aromatic rings. The second kappa shape index (κ2) is 4.10. The zero-order valence-electron chi connectivity index (χ0n) is 8.75. The van der Waals surface area contributed by atoms with E-state index in [0.717, 1.165) is 4.57 Å². The molecule has 0 aromatic carbocycles. The van der Waals surface area contributed by atoms with Gasteiger partial charge in [0, 0.05) is 5.56 Å². The molecule has 17 heavy (non-hydrogen) atoms. The average Bonchev–Trinajstić information content (AvgIpc) is 2.47. The van der Waals surface area contributed by atoms with Gasteiger partial charge in [0.1, 0.15) is 18.2 Å². The van der Waals surface area contributed by atoms with Crippen LogP contribution in [0.1, 0.15) is 5.56 Å². The van der Waals surface area contributed by atoms with Crippen LogP contribution in [0.5, 0.6) is 0 Å². The summed E-state index contributed by atoms with van der Waals surface area (Å²) in [5.74, 6) is -1.12. The molecule has 1 N–H and O–H groups in total. The topological polar surface area (TPSA) is 83.1 Å². The lowest BCUT2D eigenvalue weighted by Crippen LogP contribution is -2.21. The minimum Gasteiger partial charge on any atom is -0.480 e. The number of fused-ring (bicyclic) bond motifs is 1. The monoisotopic (exact) mass is 228 g/mol. The Hall–Kier alpha value is -2.61. The summed E-state index contributed by atoms with van der Waals surface area (Å²) in [5, 5.41) is 17.7. The van der Waals surface area contributed by atoms with E-state index in [0.29, 0.717) is 11.3 Å². The van der Waals surface area contributed by atoms with Crippen molar-refractivity contribution in [1.82, 2.24) is 4.57 Å². The molecule has 0 unspecified atom stereocenters. The van der Waals surface area contributed by atoms with Gasteiger partial charge < -0.3 is 5.11 Å². The Kier molecular flexibility index (Phi) is 2.63. The van der Waals surface area contributed by atoms with Crippen LogP contribution < -0.4 is 5.56 Å². The first-order valence-corrected chi connectivity index (χ1v) is 4.88. The summed E-state index contributed by atoms with van der Waals surface area (Å²) in [4.78, 5) is 22.5. The van der Waals surface area contributed by atoms with Crippen molar-refractivity contribution in [2.45, 2.75) is 6.54 Å². The summed E-state index contributed by atoms with van der Waals surface area (Å²) in [6.07, 6.45) is 0. The zero-order valence-corrected chi connectivity index (χ0v) is 8.75. The predicted molar refractivity (Wildman–Crippen MR) is 59.7 cm³/mol. The van der Waals surface area contributed by atoms with Crippen LogP contribution in [0.15, 0.2) is 35.1 Å². The number of nitrogens with zero attached hydrogens (tertiary/aromatic N) is 2. The number of nitriles is 1. The van der Waals surface area contributed by atoms with Gasteiger partial charge in [0.15, 0.2) is 0 Å². The van der Waals surface area contributed by atoms with Gasteiger partial charge in [-0.3, -0.25) is 14.2 Å². The molecule has 0 spiro atoms. The molecule has 5 heteroatoms. The van der Waals surface area contributed by atoms with Gasteiger partial charge >= 0.3 is 5.97 Å². The van der Waals surface area contributed by atoms with Crippen LogP contribution in [0.2, 0.25) is 0 Å². The van der Waals surface area contributed by atoms with Crippen LogP contribution in [-0.2, 0) is 11.3 Å². The van der Waals surface area contributed by atoms with Crippen molar-refractivity contribution in [2.75, 3.05) is 0 Å². The molecule has 0 radical (unpaired) electrons. The van der Waals surface area contributed by atoms with Crippen LogP contribution in [-0.4, -0.2) is 15.6 Å². The lowest BCUT2D eigenvalue weighted by Gasteiger charge is -2.00. The average molecular weight is 228 g/mol. The third-order valence-electron chi connectivity index (χ3n) is 2.44. The Bertz CT molecular complexity index is 652. The van der Waals surface area contributed by atoms with Gasteiger partial charge in [-0.2, -0.15) is 5.26 Å². The first kappa shape index (κ1) is 10.9. The van der Waals surface area contributed by atoms with Crippen molar-refractivity contribution >= 4 is 5.97 Å². The van der Waals surface area contributed by atoms with Gasteiger partial charge in [0.05, 0.1) is 5.69 Å². The molecule has 1 aliphatic carbocycles. The molecule has 2 rings (SSSR count). The molecule has 2 aliphatic rings. The van der Waals surface area contributed by atoms with E-state index in [-0.39, 0.29) is 5.56 Å². The predicted octanol–water partition coefficient (Wildman–Crippen LogP) is 0.909. The van der Waals surface area contributed by atoms with Crippen LogP contribution >= 0.6 is 0 Å². The maximum absolute atomic E-state index is 11.8. The Morgan fingerprint density at radius 1 is 1.35 bits per heavy atom. The van der Waals surface area contributed by atoms with E-state index in [1.54, 1.807) is 30.3 Å². The molecule has 5 nitrogen and oxygen atoms in total. The van der Waals surface area contributed by atoms with E-state index in [1.807, 2.05) is 6.07 Å². The number of hydrogen-bond acceptors (Lipinski definition) is 3. The van der Waals surface area contributed by atoms with Gasteiger partial charge in [0.2, 0.25) is 0 Å². The molecule has 84 valence electrons. The number of carbonyl (C=O) groups is 1. The molecule has 0 amide bonds. The molecule has 0 fully saturated rings. The van der Waals surface area contributed by atoms with E-state index >= 15 is 0 Å². The molecule has 0 saturated heterocycles. The molecule has 1 aliphatic heterocycles. The molecular formula is C12H8N2O3. The standard InChI is InChI=1S/C12H8N2O3/c13-6-9-8-4-2-1-3-5-10(8)14(12(9)17)7-11(15)16/h1-5H,7H2,(H,15,16). The third-order valence-corrected chi connectivity index (χ3v) is 2.44. The molecule has 1 heterocycles. The third kappa shape index (κ3) is 1.76. The van der Waals surface area contributed by atoms with E-state index < -0.39 is 18.1 Å². The molecule has 0 bridgehead atoms. The van der Waals surface area contributed by atoms with Gasteiger partial charge in [-0.15, -0.1) is 0 Å². The number of carboxylic acid groups (broad SMARTS) is 1. The highest BCUT2D eigenvalue weighted by atomic mass is 16.4. The quantitative estimate of drug-likeness (QED) is 0.828. The van der Waals surface area contributed by atoms with Crippen molar-refractivity contribution in [2.24, 2.45) is 0 Å². The Morgan fingerprint density at radius 2 is 2.06 bits per heavy atom. The second-order valence-corrected chi connectivity index (χ2v) is 3.48. The molecular weight excluding hydrogens is 220 g/mol. The number of carboxylic acids is 1. The lowest BCUT2D eigenvalue weighted by atomic mass is 10.1. The highest BCUT2D eigenvalue weighted by Crippen LogP contribution is 2.22. The van der Waals surface area contributed by atoms with Crippen LogP contribution in [0.3, 0.4) is 0 Å². The molecule has 0 saturated carbocycles. The summed E-state index contributed by atoms with van der Waals surface area (Å²) < 4.78 is 1.09. The molecule has 0 atom stereocenters. The minimum atomic E-state index is -1.12. The maximum Gasteiger partial charge on any atom is 0.323 e. The summed E-state index contributed by atoms with van der Waals surface area (Å²) in [6, 6.07) is 10.2. The summed E-state index contributed by atoms with van der Waals surface area (Å²) in [6.45, 7) is -0.443. The van der Waals surface area contributed by atoms with Crippen molar-refractivity contribution < 1.29 is 9.90 Å². The number of aliphatic carboxylic acids is 1. The number of rotatable bonds is 2. The van der Waals surface area contributed by atoms with Crippen LogP contribution in [0, 0.1) is 11.3 Å². The van der Waals surface area contributed by atoms with Crippen LogP contribution in [0.4, 0.5) is 0 Å². The summed E-state index contributed by atoms with van der Waals surface area (Å²) >= 11 is 0. The minimum absolute atomic E-state index is 0.0162. The van der Waals surface area contributed by atoms with Gasteiger partial charge in [-0.05, 0) is 6.07 Å². The van der Waals surface area contributed by atoms with Gasteiger partial charge in [0.25, 0.3) is 5.56 Å². The van der Waals surface area contributed by atoms with Crippen molar-refractivity contribution in [3.8, 4) is 17.3 Å². The zero-order chi connectivity index (χ0) is 12.4. The fourth-order valence-electron chi connectivity index (χ4n) is 1.74. The SMILES string of the molecule is N#Cc1c2cccccc-2n(CC(=O)O)c1=O. The fourth-order valence-corrected chi connectivity index (χ4v) is 1.74. The fraction of sp³-hybridized carbons (Fsp3) is 0.0833. The normalized spacial score (nSPS) is 10.1. The van der Waals surface area contributed by atoms with Crippen LogP contribution in [0.25, 0.3) is 11.3 Å². The second-order valence-electron chi connectivity index (χ2n) is 3.48. The van der Waals surface area contributed by atoms with E-state index in [9.17, 15) is 9.59 Å². The van der Waals surface area contributed by atoms with E-state index in [1.165, 1.54) is 0 Å². The Labute approximate surface area is 96.5 Å². The smallest absolute Gasteiger partial charge is 0.323 e. The highest BCUT2D eigenvalue weighted by molar-refractivity contribution is 5.73. The highest BCUT2D eigenvalue weighted by Gasteiger charge is 2.20. The molecule has 0 aromatic heterocycles. The summed E-state index contributed by atoms with van der Waals surface area (Å²) in [7, 11) is 0. The number of hydrogen-bond donors (Lipinski definition) is 1. The van der Waals surface area contributed by atoms with E-state index in [4.69, 9.17) is 10.4 Å². The Balaban J connectivity index is 2.80. The van der Waals surface area contributed by atoms with Gasteiger partial charge in [-0.25, -0.2) is 0 Å². The lowest BCUT2D eigenvalue weighted by molar-refractivity contribution is -0.137.